The number of halogens is 1. The zero-order chi connectivity index (χ0) is 23.5. The van der Waals surface area contributed by atoms with Gasteiger partial charge in [-0.2, -0.15) is 0 Å². The molecule has 8 heteroatoms. The summed E-state index contributed by atoms with van der Waals surface area (Å²) >= 11 is 0. The van der Waals surface area contributed by atoms with Crippen LogP contribution in [0.15, 0.2) is 48.0 Å². The van der Waals surface area contributed by atoms with Gasteiger partial charge in [0.2, 0.25) is 0 Å². The summed E-state index contributed by atoms with van der Waals surface area (Å²) in [5, 5.41) is 11.0. The van der Waals surface area contributed by atoms with E-state index in [4.69, 9.17) is 14.2 Å². The Balaban J connectivity index is 1.83. The number of carbonyl (C=O) groups is 2. The van der Waals surface area contributed by atoms with E-state index in [9.17, 15) is 19.1 Å². The summed E-state index contributed by atoms with van der Waals surface area (Å²) in [4.78, 5) is 27.6. The van der Waals surface area contributed by atoms with E-state index in [0.717, 1.165) is 12.8 Å². The molecule has 4 rings (SSSR count). The van der Waals surface area contributed by atoms with Gasteiger partial charge in [0.1, 0.15) is 11.6 Å². The maximum atomic E-state index is 13.4. The zero-order valence-corrected chi connectivity index (χ0v) is 18.5. The number of hydrogen-bond donors (Lipinski definition) is 1. The maximum absolute atomic E-state index is 13.4. The standard InChI is InChI=1S/C25H26FNO6/c1-3-32-19-11-8-16(13-20(19)31-2)22-21(23(28)15-6-9-17(26)10-7-15)24(29)25(30)27(22)14-18-5-4-12-33-18/h6-11,13,18,22,28H,3-5,12,14H2,1-2H3/t18-,22+/m0/s1. The van der Waals surface area contributed by atoms with Gasteiger partial charge in [-0.25, -0.2) is 4.39 Å². The van der Waals surface area contributed by atoms with Crippen molar-refractivity contribution in [1.82, 2.24) is 4.90 Å². The number of carbonyl (C=O) groups excluding carboxylic acids is 2. The van der Waals surface area contributed by atoms with Crippen LogP contribution in [-0.4, -0.2) is 54.7 Å². The fourth-order valence-corrected chi connectivity index (χ4v) is 4.31. The van der Waals surface area contributed by atoms with Crippen LogP contribution >= 0.6 is 0 Å². The first-order valence-electron chi connectivity index (χ1n) is 10.9. The van der Waals surface area contributed by atoms with Gasteiger partial charge in [0.15, 0.2) is 11.5 Å². The van der Waals surface area contributed by atoms with E-state index in [1.165, 1.54) is 36.3 Å². The Kier molecular flexibility index (Phi) is 6.65. The van der Waals surface area contributed by atoms with Crippen LogP contribution in [0.4, 0.5) is 4.39 Å². The number of amides is 1. The summed E-state index contributed by atoms with van der Waals surface area (Å²) in [6.07, 6.45) is 1.47. The molecule has 2 aromatic carbocycles. The molecule has 0 radical (unpaired) electrons. The molecule has 0 spiro atoms. The normalized spacial score (nSPS) is 22.1. The molecule has 7 nitrogen and oxygen atoms in total. The van der Waals surface area contributed by atoms with Crippen LogP contribution in [0, 0.1) is 5.82 Å². The SMILES string of the molecule is CCOc1ccc([C@@H]2C(=C(O)c3ccc(F)cc3)C(=O)C(=O)N2C[C@@H]2CCCO2)cc1OC. The van der Waals surface area contributed by atoms with E-state index in [1.54, 1.807) is 18.2 Å². The van der Waals surface area contributed by atoms with Gasteiger partial charge in [-0.15, -0.1) is 0 Å². The molecule has 0 aromatic heterocycles. The second-order valence-corrected chi connectivity index (χ2v) is 7.94. The largest absolute Gasteiger partial charge is 0.507 e. The monoisotopic (exact) mass is 455 g/mol. The molecule has 0 saturated carbocycles. The third-order valence-corrected chi connectivity index (χ3v) is 5.89. The number of rotatable bonds is 7. The minimum absolute atomic E-state index is 0.0594. The molecule has 33 heavy (non-hydrogen) atoms. The second kappa shape index (κ2) is 9.62. The lowest BCUT2D eigenvalue weighted by Gasteiger charge is -2.28. The van der Waals surface area contributed by atoms with E-state index >= 15 is 0 Å². The molecule has 0 unspecified atom stereocenters. The molecule has 0 bridgehead atoms. The average molecular weight is 455 g/mol. The Morgan fingerprint density at radius 3 is 2.58 bits per heavy atom. The molecule has 1 amide bonds. The smallest absolute Gasteiger partial charge is 0.295 e. The van der Waals surface area contributed by atoms with Gasteiger partial charge in [-0.1, -0.05) is 6.07 Å². The molecule has 174 valence electrons. The second-order valence-electron chi connectivity index (χ2n) is 7.94. The van der Waals surface area contributed by atoms with Crippen LogP contribution in [0.5, 0.6) is 11.5 Å². The van der Waals surface area contributed by atoms with E-state index in [1.807, 2.05) is 6.92 Å². The first-order valence-corrected chi connectivity index (χ1v) is 10.9. The Bertz CT molecular complexity index is 1070. The van der Waals surface area contributed by atoms with Crippen molar-refractivity contribution in [3.8, 4) is 11.5 Å². The number of hydrogen-bond acceptors (Lipinski definition) is 6. The predicted molar refractivity (Wildman–Crippen MR) is 119 cm³/mol. The average Bonchev–Trinajstić information content (AvgIpc) is 3.42. The summed E-state index contributed by atoms with van der Waals surface area (Å²) in [5.74, 6) is -1.38. The van der Waals surface area contributed by atoms with Crippen LogP contribution in [0.2, 0.25) is 0 Å². The topological polar surface area (TPSA) is 85.3 Å². The highest BCUT2D eigenvalue weighted by molar-refractivity contribution is 6.46. The fourth-order valence-electron chi connectivity index (χ4n) is 4.31. The van der Waals surface area contributed by atoms with Crippen LogP contribution in [0.3, 0.4) is 0 Å². The van der Waals surface area contributed by atoms with E-state index in [0.29, 0.717) is 30.3 Å². The summed E-state index contributed by atoms with van der Waals surface area (Å²) in [7, 11) is 1.50. The third-order valence-electron chi connectivity index (χ3n) is 5.89. The van der Waals surface area contributed by atoms with Crippen LogP contribution < -0.4 is 9.47 Å². The molecular weight excluding hydrogens is 429 g/mol. The van der Waals surface area contributed by atoms with Gasteiger partial charge in [0.25, 0.3) is 11.7 Å². The summed E-state index contributed by atoms with van der Waals surface area (Å²) in [5.41, 5.74) is 0.765. The van der Waals surface area contributed by atoms with E-state index in [2.05, 4.69) is 0 Å². The van der Waals surface area contributed by atoms with Gasteiger partial charge in [-0.05, 0) is 61.7 Å². The number of ether oxygens (including phenoxy) is 3. The number of aliphatic hydroxyl groups is 1. The first-order chi connectivity index (χ1) is 15.9. The minimum atomic E-state index is -0.858. The Morgan fingerprint density at radius 2 is 1.94 bits per heavy atom. The van der Waals surface area contributed by atoms with Crippen molar-refractivity contribution in [2.24, 2.45) is 0 Å². The highest BCUT2D eigenvalue weighted by atomic mass is 19.1. The number of Topliss-reactive ketones (excluding diaryl/α,β-unsaturated/α-hetero) is 1. The van der Waals surface area contributed by atoms with Crippen molar-refractivity contribution in [2.45, 2.75) is 31.9 Å². The summed E-state index contributed by atoms with van der Waals surface area (Å²) in [6.45, 7) is 3.11. The summed E-state index contributed by atoms with van der Waals surface area (Å²) < 4.78 is 30.2. The molecule has 2 aliphatic heterocycles. The lowest BCUT2D eigenvalue weighted by molar-refractivity contribution is -0.140. The molecule has 2 fully saturated rings. The summed E-state index contributed by atoms with van der Waals surface area (Å²) in [6, 6.07) is 9.40. The van der Waals surface area contributed by atoms with Gasteiger partial charge in [0, 0.05) is 18.7 Å². The lowest BCUT2D eigenvalue weighted by Crippen LogP contribution is -2.36. The number of methoxy groups -OCH3 is 1. The maximum Gasteiger partial charge on any atom is 0.295 e. The molecule has 0 aliphatic carbocycles. The minimum Gasteiger partial charge on any atom is -0.507 e. The fraction of sp³-hybridized carbons (Fsp3) is 0.360. The lowest BCUT2D eigenvalue weighted by atomic mass is 9.94. The molecule has 2 aliphatic rings. The van der Waals surface area contributed by atoms with E-state index < -0.39 is 23.5 Å². The van der Waals surface area contributed by atoms with Crippen molar-refractivity contribution >= 4 is 17.4 Å². The van der Waals surface area contributed by atoms with Crippen molar-refractivity contribution < 1.29 is 33.3 Å². The number of nitrogens with zero attached hydrogens (tertiary/aromatic N) is 1. The van der Waals surface area contributed by atoms with Crippen molar-refractivity contribution in [3.05, 3.63) is 65.0 Å². The van der Waals surface area contributed by atoms with Gasteiger partial charge < -0.3 is 24.2 Å². The van der Waals surface area contributed by atoms with Crippen LogP contribution in [0.1, 0.15) is 36.9 Å². The Labute approximate surface area is 191 Å². The highest BCUT2D eigenvalue weighted by Crippen LogP contribution is 2.42. The molecule has 1 N–H and O–H groups in total. The number of benzene rings is 2. The number of likely N-dealkylation sites (tertiary alicyclic amines) is 1. The quantitative estimate of drug-likeness (QED) is 0.388. The van der Waals surface area contributed by atoms with Crippen LogP contribution in [0.25, 0.3) is 5.76 Å². The third kappa shape index (κ3) is 4.43. The predicted octanol–water partition coefficient (Wildman–Crippen LogP) is 3.83. The van der Waals surface area contributed by atoms with Crippen molar-refractivity contribution in [1.29, 1.82) is 0 Å². The van der Waals surface area contributed by atoms with E-state index in [-0.39, 0.29) is 29.5 Å². The van der Waals surface area contributed by atoms with Crippen molar-refractivity contribution in [2.75, 3.05) is 26.9 Å². The number of ketones is 1. The van der Waals surface area contributed by atoms with Gasteiger partial charge in [0.05, 0.1) is 31.4 Å². The molecule has 2 saturated heterocycles. The van der Waals surface area contributed by atoms with Crippen LogP contribution in [-0.2, 0) is 14.3 Å². The van der Waals surface area contributed by atoms with Gasteiger partial charge >= 0.3 is 0 Å². The number of aliphatic hydroxyl groups excluding tert-OH is 1. The Hall–Kier alpha value is -3.39. The zero-order valence-electron chi connectivity index (χ0n) is 18.5. The molecule has 2 heterocycles. The van der Waals surface area contributed by atoms with Gasteiger partial charge in [-0.3, -0.25) is 9.59 Å². The van der Waals surface area contributed by atoms with Crippen molar-refractivity contribution in [3.63, 3.8) is 0 Å². The molecule has 2 aromatic rings. The Morgan fingerprint density at radius 1 is 1.18 bits per heavy atom. The molecule has 2 atom stereocenters. The molecular formula is C25H26FNO6. The first kappa shape index (κ1) is 22.8. The highest BCUT2D eigenvalue weighted by Gasteiger charge is 2.47.